The van der Waals surface area contributed by atoms with Gasteiger partial charge in [-0.05, 0) is 0 Å². The molecule has 27 heavy (non-hydrogen) atoms. The molecule has 1 aromatic heterocycles. The van der Waals surface area contributed by atoms with Crippen molar-refractivity contribution < 1.29 is 27.8 Å². The number of aromatic nitrogens is 1. The summed E-state index contributed by atoms with van der Waals surface area (Å²) in [7, 11) is 1.43. The molecule has 0 fully saturated rings. The predicted octanol–water partition coefficient (Wildman–Crippen LogP) is 2.26. The number of hydrogen-bond acceptors (Lipinski definition) is 3. The number of rotatable bonds is 5. The van der Waals surface area contributed by atoms with E-state index in [-0.39, 0.29) is 21.2 Å². The zero-order valence-electron chi connectivity index (χ0n) is 14.0. The van der Waals surface area contributed by atoms with Gasteiger partial charge in [-0.25, -0.2) is 0 Å². The number of carboxylic acid groups (broad SMARTS) is 1. The molecule has 0 aliphatic heterocycles. The number of benzene rings is 2. The molecule has 2 aromatic carbocycles. The Morgan fingerprint density at radius 1 is 1.11 bits per heavy atom. The monoisotopic (exact) mass is 435 g/mol. The summed E-state index contributed by atoms with van der Waals surface area (Å²) < 4.78 is 48.5. The van der Waals surface area contributed by atoms with E-state index >= 15 is 0 Å². The third kappa shape index (κ3) is 3.83. The normalized spacial score (nSPS) is 11.1. The summed E-state index contributed by atoms with van der Waals surface area (Å²) in [4.78, 5) is 15.2. The van der Waals surface area contributed by atoms with Crippen LogP contribution in [0.25, 0.3) is 11.1 Å². The van der Waals surface area contributed by atoms with Gasteiger partial charge in [-0.1, -0.05) is 0 Å². The number of ether oxygens (including phenoxy) is 1. The molecule has 0 radical (unpaired) electrons. The van der Waals surface area contributed by atoms with E-state index in [1.54, 1.807) is 12.1 Å². The molecule has 3 rings (SSSR count). The van der Waals surface area contributed by atoms with Crippen LogP contribution in [0.3, 0.4) is 0 Å². The zero-order valence-corrected chi connectivity index (χ0v) is 16.1. The van der Waals surface area contributed by atoms with E-state index in [0.29, 0.717) is 5.75 Å². The van der Waals surface area contributed by atoms with Gasteiger partial charge < -0.3 is 0 Å². The Kier molecular flexibility index (Phi) is 5.51. The van der Waals surface area contributed by atoms with Gasteiger partial charge in [0.25, 0.3) is 0 Å². The Morgan fingerprint density at radius 2 is 1.89 bits per heavy atom. The van der Waals surface area contributed by atoms with Crippen LogP contribution in [0.1, 0.15) is 10.4 Å². The Hall–Kier alpha value is -2.79. The summed E-state index contributed by atoms with van der Waals surface area (Å²) in [5, 5.41) is 9.19. The van der Waals surface area contributed by atoms with Crippen molar-refractivity contribution in [3.05, 3.63) is 71.7 Å². The SMILES string of the molecule is COc1cccc(-c2cc(F)c([AsH]c3ncccc3C(=O)O)c(F)c2F)c1. The van der Waals surface area contributed by atoms with Crippen LogP contribution < -0.4 is 13.6 Å². The maximum atomic E-state index is 14.6. The number of methoxy groups -OCH3 is 1. The first-order valence-electron chi connectivity index (χ1n) is 7.69. The topological polar surface area (TPSA) is 59.4 Å². The summed E-state index contributed by atoms with van der Waals surface area (Å²) in [6, 6.07) is 9.81. The number of aromatic carboxylic acids is 1. The molecule has 1 N–H and O–H groups in total. The Morgan fingerprint density at radius 3 is 2.59 bits per heavy atom. The molecule has 0 aliphatic carbocycles. The second kappa shape index (κ2) is 7.84. The van der Waals surface area contributed by atoms with E-state index in [9.17, 15) is 23.1 Å². The molecule has 0 aliphatic rings. The van der Waals surface area contributed by atoms with Gasteiger partial charge in [0, 0.05) is 0 Å². The van der Waals surface area contributed by atoms with Crippen LogP contribution >= 0.6 is 0 Å². The molecule has 0 amide bonds. The number of nitrogens with zero attached hydrogens (tertiary/aromatic N) is 1. The first-order valence-corrected chi connectivity index (χ1v) is 9.79. The summed E-state index contributed by atoms with van der Waals surface area (Å²) in [6.07, 6.45) is 1.34. The van der Waals surface area contributed by atoms with Gasteiger partial charge in [0.15, 0.2) is 0 Å². The first kappa shape index (κ1) is 19.0. The predicted molar refractivity (Wildman–Crippen MR) is 95.9 cm³/mol. The fourth-order valence-corrected chi connectivity index (χ4v) is 4.84. The summed E-state index contributed by atoms with van der Waals surface area (Å²) >= 11 is -1.85. The molecule has 138 valence electrons. The van der Waals surface area contributed by atoms with Gasteiger partial charge in [-0.2, -0.15) is 0 Å². The Balaban J connectivity index is 2.07. The van der Waals surface area contributed by atoms with Crippen molar-refractivity contribution >= 4 is 30.6 Å². The van der Waals surface area contributed by atoms with Crippen LogP contribution in [0, 0.1) is 17.5 Å². The maximum absolute atomic E-state index is 14.6. The van der Waals surface area contributed by atoms with Crippen molar-refractivity contribution in [3.63, 3.8) is 0 Å². The van der Waals surface area contributed by atoms with Crippen LogP contribution in [-0.2, 0) is 0 Å². The molecular weight excluding hydrogens is 422 g/mol. The fourth-order valence-electron chi connectivity index (χ4n) is 2.51. The number of carbonyl (C=O) groups is 1. The van der Waals surface area contributed by atoms with E-state index in [1.807, 2.05) is 0 Å². The minimum atomic E-state index is -1.85. The molecule has 8 heteroatoms. The van der Waals surface area contributed by atoms with Crippen molar-refractivity contribution in [2.24, 2.45) is 0 Å². The Bertz CT molecular complexity index is 1030. The quantitative estimate of drug-likeness (QED) is 0.494. The molecule has 0 spiro atoms. The molecule has 1 atom stereocenters. The number of hydrogen-bond donors (Lipinski definition) is 1. The van der Waals surface area contributed by atoms with Crippen LogP contribution in [-0.4, -0.2) is 38.9 Å². The summed E-state index contributed by atoms with van der Waals surface area (Å²) in [5.41, 5.74) is -0.118. The van der Waals surface area contributed by atoms with Gasteiger partial charge in [0.1, 0.15) is 0 Å². The van der Waals surface area contributed by atoms with Gasteiger partial charge in [-0.15, -0.1) is 0 Å². The summed E-state index contributed by atoms with van der Waals surface area (Å²) in [5.74, 6) is -4.29. The summed E-state index contributed by atoms with van der Waals surface area (Å²) in [6.45, 7) is 0. The number of halogens is 3. The van der Waals surface area contributed by atoms with Gasteiger partial charge >= 0.3 is 159 Å². The molecule has 3 aromatic rings. The van der Waals surface area contributed by atoms with E-state index in [4.69, 9.17) is 4.74 Å². The first-order chi connectivity index (χ1) is 12.9. The van der Waals surface area contributed by atoms with Crippen molar-refractivity contribution in [1.29, 1.82) is 0 Å². The molecule has 0 saturated carbocycles. The van der Waals surface area contributed by atoms with Crippen molar-refractivity contribution in [3.8, 4) is 16.9 Å². The van der Waals surface area contributed by atoms with E-state index in [1.165, 1.54) is 37.6 Å². The van der Waals surface area contributed by atoms with E-state index in [0.717, 1.165) is 6.07 Å². The van der Waals surface area contributed by atoms with Crippen LogP contribution in [0.15, 0.2) is 48.7 Å². The zero-order chi connectivity index (χ0) is 19.6. The van der Waals surface area contributed by atoms with E-state index < -0.39 is 43.5 Å². The fraction of sp³-hybridized carbons (Fsp3) is 0.0526. The average molecular weight is 435 g/mol. The molecule has 0 bridgehead atoms. The Labute approximate surface area is 159 Å². The standard InChI is InChI=1S/C19H13AsF3NO3/c1-27-11-5-2-4-10(8-11)13-9-14(21)15(17(23)16(13)22)20-18-12(19(25)26)6-3-7-24-18/h2-9,20H,1H3,(H,25,26). The van der Waals surface area contributed by atoms with Gasteiger partial charge in [-0.3, -0.25) is 0 Å². The van der Waals surface area contributed by atoms with Crippen molar-refractivity contribution in [1.82, 2.24) is 4.98 Å². The minimum absolute atomic E-state index is 0.0660. The molecule has 4 nitrogen and oxygen atoms in total. The second-order valence-electron chi connectivity index (χ2n) is 5.47. The number of carboxylic acids is 1. The van der Waals surface area contributed by atoms with Gasteiger partial charge in [0.05, 0.1) is 0 Å². The molecule has 1 heterocycles. The average Bonchev–Trinajstić information content (AvgIpc) is 2.68. The number of pyridine rings is 1. The van der Waals surface area contributed by atoms with Gasteiger partial charge in [0.2, 0.25) is 0 Å². The second-order valence-corrected chi connectivity index (χ2v) is 8.04. The third-order valence-corrected chi connectivity index (χ3v) is 6.64. The van der Waals surface area contributed by atoms with Crippen LogP contribution in [0.4, 0.5) is 13.2 Å². The molecular formula is C19H13AsF3NO3. The third-order valence-electron chi connectivity index (χ3n) is 3.82. The molecule has 1 unspecified atom stereocenters. The molecule has 0 saturated heterocycles. The van der Waals surface area contributed by atoms with Crippen LogP contribution in [0.2, 0.25) is 0 Å². The van der Waals surface area contributed by atoms with Crippen LogP contribution in [0.5, 0.6) is 5.75 Å². The van der Waals surface area contributed by atoms with Crippen molar-refractivity contribution in [2.75, 3.05) is 7.11 Å². The van der Waals surface area contributed by atoms with E-state index in [2.05, 4.69) is 4.98 Å². The van der Waals surface area contributed by atoms with Crippen molar-refractivity contribution in [2.45, 2.75) is 0 Å².